The number of nitriles is 1. The number of rotatable bonds is 10. The van der Waals surface area contributed by atoms with E-state index in [1.807, 2.05) is 24.3 Å². The van der Waals surface area contributed by atoms with Crippen LogP contribution < -0.4 is 20.1 Å². The van der Waals surface area contributed by atoms with Crippen LogP contribution in [0.3, 0.4) is 0 Å². The predicted octanol–water partition coefficient (Wildman–Crippen LogP) is 1.75. The number of fused-ring (bicyclic) bond motifs is 1. The van der Waals surface area contributed by atoms with Gasteiger partial charge in [0.15, 0.2) is 0 Å². The number of piperidine rings is 1. The number of benzene rings is 2. The third-order valence-electron chi connectivity index (χ3n) is 7.19. The van der Waals surface area contributed by atoms with Crippen molar-refractivity contribution in [3.05, 3.63) is 59.2 Å². The number of carbonyl (C=O) groups excluding carboxylic acids is 3. The summed E-state index contributed by atoms with van der Waals surface area (Å²) in [6.45, 7) is 3.16. The highest BCUT2D eigenvalue weighted by Crippen LogP contribution is 2.33. The van der Waals surface area contributed by atoms with Crippen molar-refractivity contribution < 1.29 is 28.6 Å². The van der Waals surface area contributed by atoms with Crippen LogP contribution in [0.2, 0.25) is 0 Å². The summed E-state index contributed by atoms with van der Waals surface area (Å²) < 4.78 is 17.4. The Hall–Kier alpha value is -3.94. The monoisotopic (exact) mass is 518 g/mol. The third-order valence-corrected chi connectivity index (χ3v) is 7.19. The first kappa shape index (κ1) is 25.7. The molecule has 0 aliphatic carbocycles. The molecule has 0 spiro atoms. The minimum absolute atomic E-state index is 0.0296. The summed E-state index contributed by atoms with van der Waals surface area (Å²) in [5.41, 5.74) is 2.35. The molecule has 3 atom stereocenters. The van der Waals surface area contributed by atoms with Crippen LogP contribution in [-0.2, 0) is 20.9 Å². The van der Waals surface area contributed by atoms with E-state index in [9.17, 15) is 19.6 Å². The molecule has 10 nitrogen and oxygen atoms in total. The molecule has 38 heavy (non-hydrogen) atoms. The van der Waals surface area contributed by atoms with Crippen molar-refractivity contribution >= 4 is 17.7 Å². The van der Waals surface area contributed by atoms with Gasteiger partial charge < -0.3 is 24.4 Å². The quantitative estimate of drug-likeness (QED) is 0.359. The van der Waals surface area contributed by atoms with E-state index in [2.05, 4.69) is 16.7 Å². The third kappa shape index (κ3) is 5.49. The van der Waals surface area contributed by atoms with Gasteiger partial charge in [-0.15, -0.1) is 0 Å². The Morgan fingerprint density at radius 2 is 1.82 bits per heavy atom. The average molecular weight is 519 g/mol. The van der Waals surface area contributed by atoms with Gasteiger partial charge in [-0.25, -0.2) is 0 Å². The van der Waals surface area contributed by atoms with E-state index in [1.54, 1.807) is 18.2 Å². The first-order valence-corrected chi connectivity index (χ1v) is 12.9. The number of nitrogens with zero attached hydrogens (tertiary/aromatic N) is 2. The van der Waals surface area contributed by atoms with Crippen LogP contribution in [0.15, 0.2) is 42.5 Å². The van der Waals surface area contributed by atoms with Crippen LogP contribution in [0.25, 0.3) is 0 Å². The Labute approximate surface area is 220 Å². The second-order valence-corrected chi connectivity index (χ2v) is 9.56. The minimum atomic E-state index is -0.660. The van der Waals surface area contributed by atoms with Gasteiger partial charge in [-0.1, -0.05) is 18.2 Å². The Morgan fingerprint density at radius 3 is 2.63 bits per heavy atom. The largest absolute Gasteiger partial charge is 0.491 e. The van der Waals surface area contributed by atoms with Gasteiger partial charge in [0.25, 0.3) is 5.91 Å². The van der Waals surface area contributed by atoms with Crippen LogP contribution in [0.4, 0.5) is 0 Å². The van der Waals surface area contributed by atoms with Crippen LogP contribution in [0.5, 0.6) is 11.5 Å². The van der Waals surface area contributed by atoms with Crippen LogP contribution in [0.1, 0.15) is 40.2 Å². The van der Waals surface area contributed by atoms with Gasteiger partial charge in [-0.2, -0.15) is 5.26 Å². The number of amides is 3. The molecule has 3 aliphatic rings. The molecule has 0 aromatic heterocycles. The molecule has 2 fully saturated rings. The van der Waals surface area contributed by atoms with Gasteiger partial charge in [0, 0.05) is 36.6 Å². The maximum Gasteiger partial charge on any atom is 0.255 e. The average Bonchev–Trinajstić information content (AvgIpc) is 3.53. The van der Waals surface area contributed by atoms with Crippen LogP contribution in [-0.4, -0.2) is 68.2 Å². The zero-order valence-corrected chi connectivity index (χ0v) is 21.0. The molecule has 10 heteroatoms. The van der Waals surface area contributed by atoms with Crippen LogP contribution >= 0.6 is 0 Å². The molecular formula is C28H30N4O6. The lowest BCUT2D eigenvalue weighted by Gasteiger charge is -2.29. The molecule has 0 saturated carbocycles. The maximum absolute atomic E-state index is 12.9. The number of hydrogen-bond donors (Lipinski definition) is 2. The highest BCUT2D eigenvalue weighted by Gasteiger charge is 2.40. The van der Waals surface area contributed by atoms with E-state index in [1.165, 1.54) is 4.90 Å². The van der Waals surface area contributed by atoms with Crippen LogP contribution in [0, 0.1) is 17.2 Å². The van der Waals surface area contributed by atoms with E-state index < -0.39 is 11.9 Å². The van der Waals surface area contributed by atoms with Crippen molar-refractivity contribution in [3.63, 3.8) is 0 Å². The first-order chi connectivity index (χ1) is 18.5. The summed E-state index contributed by atoms with van der Waals surface area (Å²) in [6.07, 6.45) is 0.533. The summed E-state index contributed by atoms with van der Waals surface area (Å²) in [5.74, 6) is 0.490. The fraction of sp³-hybridized carbons (Fsp3) is 0.429. The van der Waals surface area contributed by atoms with Crippen molar-refractivity contribution in [1.82, 2.24) is 15.5 Å². The van der Waals surface area contributed by atoms with E-state index in [0.29, 0.717) is 50.7 Å². The van der Waals surface area contributed by atoms with Gasteiger partial charge in [0.2, 0.25) is 11.8 Å². The summed E-state index contributed by atoms with van der Waals surface area (Å²) in [6, 6.07) is 14.8. The lowest BCUT2D eigenvalue weighted by atomic mass is 9.90. The molecule has 3 aliphatic heterocycles. The first-order valence-electron chi connectivity index (χ1n) is 12.9. The van der Waals surface area contributed by atoms with E-state index in [4.69, 9.17) is 14.2 Å². The van der Waals surface area contributed by atoms with Crippen molar-refractivity contribution in [3.8, 4) is 17.6 Å². The fourth-order valence-electron chi connectivity index (χ4n) is 5.22. The zero-order chi connectivity index (χ0) is 26.5. The summed E-state index contributed by atoms with van der Waals surface area (Å²) in [5, 5.41) is 14.9. The van der Waals surface area contributed by atoms with Gasteiger partial charge in [0.1, 0.15) is 30.8 Å². The van der Waals surface area contributed by atoms with E-state index in [-0.39, 0.29) is 36.6 Å². The Morgan fingerprint density at radius 1 is 1.00 bits per heavy atom. The Balaban J connectivity index is 1.06. The molecular weight excluding hydrogens is 488 g/mol. The SMILES string of the molecule is N#CC1CNCC1c1cccc(OCCOCCOc2cccc3c2CN(C2CCC(=O)NC2=O)C3=O)c1. The molecule has 5 rings (SSSR count). The number of nitrogens with one attached hydrogen (secondary N) is 2. The topological polar surface area (TPSA) is 130 Å². The summed E-state index contributed by atoms with van der Waals surface area (Å²) in [7, 11) is 0. The van der Waals surface area contributed by atoms with Crippen molar-refractivity contribution in [2.24, 2.45) is 5.92 Å². The molecule has 3 amide bonds. The van der Waals surface area contributed by atoms with Gasteiger partial charge in [-0.05, 0) is 36.2 Å². The van der Waals surface area contributed by atoms with Crippen molar-refractivity contribution in [2.45, 2.75) is 31.3 Å². The molecule has 2 aromatic carbocycles. The smallest absolute Gasteiger partial charge is 0.255 e. The van der Waals surface area contributed by atoms with Crippen molar-refractivity contribution in [1.29, 1.82) is 5.26 Å². The number of hydrogen-bond acceptors (Lipinski definition) is 8. The molecule has 198 valence electrons. The maximum atomic E-state index is 12.9. The zero-order valence-electron chi connectivity index (χ0n) is 21.0. The molecule has 0 radical (unpaired) electrons. The highest BCUT2D eigenvalue weighted by molar-refractivity contribution is 6.05. The second-order valence-electron chi connectivity index (χ2n) is 9.56. The van der Waals surface area contributed by atoms with E-state index in [0.717, 1.165) is 23.4 Å². The summed E-state index contributed by atoms with van der Waals surface area (Å²) in [4.78, 5) is 38.2. The number of carbonyl (C=O) groups is 3. The molecule has 3 unspecified atom stereocenters. The fourth-order valence-corrected chi connectivity index (χ4v) is 5.22. The lowest BCUT2D eigenvalue weighted by molar-refractivity contribution is -0.136. The van der Waals surface area contributed by atoms with Gasteiger partial charge in [-0.3, -0.25) is 19.7 Å². The highest BCUT2D eigenvalue weighted by atomic mass is 16.5. The molecule has 2 saturated heterocycles. The molecule has 0 bridgehead atoms. The predicted molar refractivity (Wildman–Crippen MR) is 135 cm³/mol. The normalized spacial score (nSPS) is 22.7. The van der Waals surface area contributed by atoms with Gasteiger partial charge in [0.05, 0.1) is 31.7 Å². The lowest BCUT2D eigenvalue weighted by Crippen LogP contribution is -2.52. The molecule has 2 aromatic rings. The number of ether oxygens (including phenoxy) is 3. The molecule has 3 heterocycles. The number of imide groups is 1. The van der Waals surface area contributed by atoms with Crippen molar-refractivity contribution in [2.75, 3.05) is 39.5 Å². The van der Waals surface area contributed by atoms with E-state index >= 15 is 0 Å². The molecule has 2 N–H and O–H groups in total. The second kappa shape index (κ2) is 11.6. The minimum Gasteiger partial charge on any atom is -0.491 e. The summed E-state index contributed by atoms with van der Waals surface area (Å²) >= 11 is 0. The Bertz CT molecular complexity index is 1260. The Kier molecular flexibility index (Phi) is 7.86. The standard InChI is InChI=1S/C28H30N4O6/c29-14-19-15-30-16-22(19)18-3-1-4-20(13-18)37-11-9-36-10-12-38-25-6-2-5-21-23(25)17-32(28(21)35)24-7-8-26(33)31-27(24)34/h1-6,13,19,22,24,30H,7-12,15-17H2,(H,31,33,34). The van der Waals surface area contributed by atoms with Gasteiger partial charge >= 0.3 is 0 Å².